The number of carboxylic acids is 1. The number of ether oxygens (including phenoxy) is 1. The molecule has 12 heteroatoms. The van der Waals surface area contributed by atoms with Crippen molar-refractivity contribution in [1.82, 2.24) is 14.9 Å². The summed E-state index contributed by atoms with van der Waals surface area (Å²) in [5, 5.41) is 7.70. The van der Waals surface area contributed by atoms with Crippen LogP contribution in [0.1, 0.15) is 16.2 Å². The summed E-state index contributed by atoms with van der Waals surface area (Å²) in [5.41, 5.74) is 3.17. The first-order valence-corrected chi connectivity index (χ1v) is 10.6. The standard InChI is InChI=1S/C20H21ClN4O2.C2HF3O2/c1-24-9-11-25(12-10-24)15-7-5-14(6-8-15)20(26)27-13-18-22-17-4-2-3-16(21)19(17)23-18;3-2(4,5)1(6)7/h2-8H,9-13H2,1H3,(H,22,23);(H,6,7). The van der Waals surface area contributed by atoms with Crippen LogP contribution in [0.3, 0.4) is 0 Å². The van der Waals surface area contributed by atoms with E-state index in [2.05, 4.69) is 26.8 Å². The van der Waals surface area contributed by atoms with E-state index >= 15 is 0 Å². The molecule has 8 nitrogen and oxygen atoms in total. The van der Waals surface area contributed by atoms with Crippen LogP contribution in [0.4, 0.5) is 18.9 Å². The van der Waals surface area contributed by atoms with Gasteiger partial charge >= 0.3 is 18.1 Å². The van der Waals surface area contributed by atoms with Gasteiger partial charge in [0.1, 0.15) is 17.9 Å². The number of alkyl halides is 3. The van der Waals surface area contributed by atoms with E-state index in [9.17, 15) is 18.0 Å². The molecule has 1 aliphatic heterocycles. The number of benzene rings is 2. The lowest BCUT2D eigenvalue weighted by Gasteiger charge is -2.34. The molecule has 0 atom stereocenters. The number of para-hydroxylation sites is 1. The average molecular weight is 499 g/mol. The molecule has 1 fully saturated rings. The van der Waals surface area contributed by atoms with Crippen molar-refractivity contribution in [3.8, 4) is 0 Å². The summed E-state index contributed by atoms with van der Waals surface area (Å²) in [4.78, 5) is 33.4. The largest absolute Gasteiger partial charge is 0.490 e. The maximum atomic E-state index is 12.3. The third-order valence-electron chi connectivity index (χ3n) is 5.07. The lowest BCUT2D eigenvalue weighted by molar-refractivity contribution is -0.192. The van der Waals surface area contributed by atoms with Crippen molar-refractivity contribution in [2.24, 2.45) is 0 Å². The molecule has 0 amide bonds. The molecule has 1 saturated heterocycles. The van der Waals surface area contributed by atoms with Gasteiger partial charge in [0, 0.05) is 31.9 Å². The number of piperazine rings is 1. The molecule has 2 aromatic carbocycles. The highest BCUT2D eigenvalue weighted by Gasteiger charge is 2.38. The van der Waals surface area contributed by atoms with E-state index in [1.54, 1.807) is 6.07 Å². The van der Waals surface area contributed by atoms with E-state index in [0.717, 1.165) is 37.4 Å². The van der Waals surface area contributed by atoms with E-state index < -0.39 is 12.1 Å². The van der Waals surface area contributed by atoms with Gasteiger partial charge in [-0.05, 0) is 43.4 Å². The molecule has 0 radical (unpaired) electrons. The zero-order valence-electron chi connectivity index (χ0n) is 18.1. The van der Waals surface area contributed by atoms with Crippen LogP contribution >= 0.6 is 11.6 Å². The Labute approximate surface area is 197 Å². The first-order chi connectivity index (χ1) is 16.0. The SMILES string of the molecule is CN1CCN(c2ccc(C(=O)OCc3nc4c(Cl)cccc4[nH]3)cc2)CC1.O=C(O)C(F)(F)F. The molecule has 182 valence electrons. The second-order valence-corrected chi connectivity index (χ2v) is 7.94. The predicted molar refractivity (Wildman–Crippen MR) is 120 cm³/mol. The molecule has 1 aromatic heterocycles. The molecular weight excluding hydrogens is 477 g/mol. The number of anilines is 1. The number of likely N-dealkylation sites (N-methyl/N-ethyl adjacent to an activating group) is 1. The summed E-state index contributed by atoms with van der Waals surface area (Å²) in [6.45, 7) is 4.16. The molecule has 0 saturated carbocycles. The van der Waals surface area contributed by atoms with Crippen molar-refractivity contribution in [3.05, 3.63) is 58.9 Å². The number of aromatic amines is 1. The highest BCUT2D eigenvalue weighted by Crippen LogP contribution is 2.22. The zero-order valence-corrected chi connectivity index (χ0v) is 18.9. The summed E-state index contributed by atoms with van der Waals surface area (Å²) in [6, 6.07) is 13.1. The first kappa shape index (κ1) is 25.3. The Bertz CT molecular complexity index is 1140. The normalized spacial score (nSPS) is 14.4. The molecule has 2 N–H and O–H groups in total. The van der Waals surface area contributed by atoms with Gasteiger partial charge in [0.05, 0.1) is 16.1 Å². The number of carbonyl (C=O) groups is 2. The number of nitrogens with zero attached hydrogens (tertiary/aromatic N) is 3. The predicted octanol–water partition coefficient (Wildman–Crippen LogP) is 3.96. The molecule has 0 aliphatic carbocycles. The molecule has 2 heterocycles. The third kappa shape index (κ3) is 6.61. The monoisotopic (exact) mass is 498 g/mol. The van der Waals surface area contributed by atoms with Gasteiger partial charge in [0.25, 0.3) is 0 Å². The lowest BCUT2D eigenvalue weighted by atomic mass is 10.2. The number of halogens is 4. The molecule has 1 aliphatic rings. The molecular formula is C22H22ClF3N4O4. The number of rotatable bonds is 4. The van der Waals surface area contributed by atoms with Crippen molar-refractivity contribution >= 4 is 40.3 Å². The number of H-pyrrole nitrogens is 1. The van der Waals surface area contributed by atoms with E-state index in [4.69, 9.17) is 26.2 Å². The number of carboxylic acid groups (broad SMARTS) is 1. The quantitative estimate of drug-likeness (QED) is 0.525. The van der Waals surface area contributed by atoms with Gasteiger partial charge in [-0.3, -0.25) is 0 Å². The van der Waals surface area contributed by atoms with Crippen LogP contribution in [-0.4, -0.2) is 71.3 Å². The van der Waals surface area contributed by atoms with Crippen LogP contribution in [0.25, 0.3) is 11.0 Å². The number of aliphatic carboxylic acids is 1. The lowest BCUT2D eigenvalue weighted by Crippen LogP contribution is -2.44. The number of hydrogen-bond donors (Lipinski definition) is 2. The highest BCUT2D eigenvalue weighted by atomic mass is 35.5. The maximum Gasteiger partial charge on any atom is 0.490 e. The van der Waals surface area contributed by atoms with E-state index in [1.165, 1.54) is 0 Å². The van der Waals surface area contributed by atoms with Gasteiger partial charge in [-0.1, -0.05) is 17.7 Å². The van der Waals surface area contributed by atoms with Gasteiger partial charge in [-0.15, -0.1) is 0 Å². The number of carbonyl (C=O) groups excluding carboxylic acids is 1. The van der Waals surface area contributed by atoms with Crippen LogP contribution in [0.2, 0.25) is 5.02 Å². The zero-order chi connectivity index (χ0) is 24.9. The topological polar surface area (TPSA) is 98.8 Å². The fraction of sp³-hybridized carbons (Fsp3) is 0.318. The molecule has 4 rings (SSSR count). The second kappa shape index (κ2) is 10.7. The van der Waals surface area contributed by atoms with Gasteiger partial charge < -0.3 is 24.6 Å². The number of fused-ring (bicyclic) bond motifs is 1. The minimum absolute atomic E-state index is 0.0735. The number of hydrogen-bond acceptors (Lipinski definition) is 6. The number of nitrogens with one attached hydrogen (secondary N) is 1. The van der Waals surface area contributed by atoms with E-state index in [-0.39, 0.29) is 12.6 Å². The number of esters is 1. The molecule has 0 spiro atoms. The fourth-order valence-electron chi connectivity index (χ4n) is 3.21. The average Bonchev–Trinajstić information content (AvgIpc) is 3.22. The van der Waals surface area contributed by atoms with Gasteiger partial charge in [-0.2, -0.15) is 13.2 Å². The molecule has 0 bridgehead atoms. The van der Waals surface area contributed by atoms with Gasteiger partial charge in [0.2, 0.25) is 0 Å². The first-order valence-electron chi connectivity index (χ1n) is 10.2. The fourth-order valence-corrected chi connectivity index (χ4v) is 3.42. The van der Waals surface area contributed by atoms with Crippen molar-refractivity contribution in [2.45, 2.75) is 12.8 Å². The number of imidazole rings is 1. The van der Waals surface area contributed by atoms with Crippen LogP contribution in [0.15, 0.2) is 42.5 Å². The molecule has 3 aromatic rings. The smallest absolute Gasteiger partial charge is 0.475 e. The number of aromatic nitrogens is 2. The van der Waals surface area contributed by atoms with Crippen LogP contribution in [-0.2, 0) is 16.1 Å². The highest BCUT2D eigenvalue weighted by molar-refractivity contribution is 6.34. The molecule has 0 unspecified atom stereocenters. The summed E-state index contributed by atoms with van der Waals surface area (Å²) < 4.78 is 37.1. The summed E-state index contributed by atoms with van der Waals surface area (Å²) in [7, 11) is 2.13. The Balaban J connectivity index is 0.000000406. The Morgan fingerprint density at radius 2 is 1.74 bits per heavy atom. The minimum atomic E-state index is -5.08. The van der Waals surface area contributed by atoms with E-state index in [1.807, 2.05) is 36.4 Å². The van der Waals surface area contributed by atoms with Gasteiger partial charge in [0.15, 0.2) is 0 Å². The van der Waals surface area contributed by atoms with Crippen LogP contribution < -0.4 is 4.90 Å². The van der Waals surface area contributed by atoms with Gasteiger partial charge in [-0.25, -0.2) is 14.6 Å². The van der Waals surface area contributed by atoms with Crippen LogP contribution in [0.5, 0.6) is 0 Å². The summed E-state index contributed by atoms with van der Waals surface area (Å²) in [6.07, 6.45) is -5.08. The van der Waals surface area contributed by atoms with Crippen molar-refractivity contribution in [1.29, 1.82) is 0 Å². The Kier molecular flexibility index (Phi) is 8.00. The Morgan fingerprint density at radius 3 is 2.29 bits per heavy atom. The summed E-state index contributed by atoms with van der Waals surface area (Å²) >= 11 is 6.12. The Morgan fingerprint density at radius 1 is 1.12 bits per heavy atom. The van der Waals surface area contributed by atoms with Crippen molar-refractivity contribution < 1.29 is 32.6 Å². The van der Waals surface area contributed by atoms with E-state index in [0.29, 0.717) is 21.9 Å². The van der Waals surface area contributed by atoms with Crippen molar-refractivity contribution in [2.75, 3.05) is 38.1 Å². The third-order valence-corrected chi connectivity index (χ3v) is 5.37. The second-order valence-electron chi connectivity index (χ2n) is 7.54. The maximum absolute atomic E-state index is 12.3. The van der Waals surface area contributed by atoms with Crippen molar-refractivity contribution in [3.63, 3.8) is 0 Å². The Hall–Kier alpha value is -3.31. The summed E-state index contributed by atoms with van der Waals surface area (Å²) in [5.74, 6) is -2.56. The minimum Gasteiger partial charge on any atom is -0.475 e. The molecule has 34 heavy (non-hydrogen) atoms. The van der Waals surface area contributed by atoms with Crippen LogP contribution in [0, 0.1) is 0 Å².